The van der Waals surface area contributed by atoms with Crippen LogP contribution in [-0.2, 0) is 15.8 Å². The first-order valence-corrected chi connectivity index (χ1v) is 10.5. The molecule has 0 spiro atoms. The molecule has 1 aromatic carbocycles. The minimum atomic E-state index is -3.55. The fraction of sp³-hybridized carbons (Fsp3) is 0.278. The molecule has 0 aliphatic carbocycles. The maximum atomic E-state index is 13.0. The molecule has 1 fully saturated rings. The van der Waals surface area contributed by atoms with E-state index in [2.05, 4.69) is 15.2 Å². The fourth-order valence-electron chi connectivity index (χ4n) is 3.22. The van der Waals surface area contributed by atoms with Crippen LogP contribution in [0.2, 0.25) is 5.02 Å². The molecule has 27 heavy (non-hydrogen) atoms. The molecule has 0 N–H and O–H groups in total. The lowest BCUT2D eigenvalue weighted by Gasteiger charge is -2.21. The fourth-order valence-corrected chi connectivity index (χ4v) is 5.19. The number of hydrogen-bond donors (Lipinski definition) is 0. The molecule has 0 amide bonds. The van der Waals surface area contributed by atoms with Gasteiger partial charge in [0.2, 0.25) is 21.8 Å². The van der Waals surface area contributed by atoms with Crippen molar-refractivity contribution in [1.82, 2.24) is 19.5 Å². The van der Waals surface area contributed by atoms with Gasteiger partial charge in [-0.1, -0.05) is 23.7 Å². The van der Waals surface area contributed by atoms with Crippen LogP contribution >= 0.6 is 11.6 Å². The zero-order valence-electron chi connectivity index (χ0n) is 14.3. The molecule has 140 valence electrons. The molecular weight excluding hydrogens is 388 g/mol. The topological polar surface area (TPSA) is 89.2 Å². The number of sulfonamides is 1. The molecule has 3 aromatic rings. The largest absolute Gasteiger partial charge is 0.419 e. The van der Waals surface area contributed by atoms with Crippen LogP contribution < -0.4 is 0 Å². The van der Waals surface area contributed by atoms with E-state index in [1.54, 1.807) is 42.7 Å². The molecule has 1 atom stereocenters. The summed E-state index contributed by atoms with van der Waals surface area (Å²) in [7, 11) is -3.55. The Morgan fingerprint density at radius 3 is 2.89 bits per heavy atom. The summed E-state index contributed by atoms with van der Waals surface area (Å²) in [5.41, 5.74) is 1.34. The molecule has 7 nitrogen and oxygen atoms in total. The van der Waals surface area contributed by atoms with Crippen LogP contribution in [0.15, 0.2) is 53.2 Å². The lowest BCUT2D eigenvalue weighted by atomic mass is 10.2. The second-order valence-corrected chi connectivity index (χ2v) is 8.70. The molecular formula is C18H17ClN4O3S. The standard InChI is InChI=1S/C18H17ClN4O3S/c19-15-6-1-4-13(10-15)12-27(24,25)23-9-3-7-16(23)18-22-21-17(26-18)14-5-2-8-20-11-14/h1-2,4-6,8,10-11,16H,3,7,9,12H2. The SMILES string of the molecule is O=S(=O)(Cc1cccc(Cl)c1)N1CCCC1c1nnc(-c2cccnc2)o1. The lowest BCUT2D eigenvalue weighted by molar-refractivity contribution is 0.332. The summed E-state index contributed by atoms with van der Waals surface area (Å²) in [6.07, 6.45) is 4.66. The van der Waals surface area contributed by atoms with E-state index in [-0.39, 0.29) is 5.75 Å². The minimum Gasteiger partial charge on any atom is -0.419 e. The Bertz CT molecular complexity index is 1040. The Morgan fingerprint density at radius 1 is 1.22 bits per heavy atom. The van der Waals surface area contributed by atoms with Crippen molar-refractivity contribution in [3.63, 3.8) is 0 Å². The summed E-state index contributed by atoms with van der Waals surface area (Å²) in [5, 5.41) is 8.65. The maximum absolute atomic E-state index is 13.0. The molecule has 0 bridgehead atoms. The van der Waals surface area contributed by atoms with E-state index >= 15 is 0 Å². The van der Waals surface area contributed by atoms with Gasteiger partial charge in [-0.15, -0.1) is 10.2 Å². The third-order valence-electron chi connectivity index (χ3n) is 4.43. The Balaban J connectivity index is 1.58. The van der Waals surface area contributed by atoms with Crippen molar-refractivity contribution in [3.05, 3.63) is 65.3 Å². The van der Waals surface area contributed by atoms with Crippen molar-refractivity contribution < 1.29 is 12.8 Å². The quantitative estimate of drug-likeness (QED) is 0.647. The van der Waals surface area contributed by atoms with Gasteiger partial charge in [0.25, 0.3) is 0 Å². The third kappa shape index (κ3) is 3.87. The van der Waals surface area contributed by atoms with Crippen LogP contribution in [0.5, 0.6) is 0 Å². The zero-order chi connectivity index (χ0) is 18.9. The number of nitrogens with zero attached hydrogens (tertiary/aromatic N) is 4. The first kappa shape index (κ1) is 18.1. The number of hydrogen-bond acceptors (Lipinski definition) is 6. The van der Waals surface area contributed by atoms with Crippen LogP contribution in [0.4, 0.5) is 0 Å². The number of pyridine rings is 1. The number of rotatable bonds is 5. The van der Waals surface area contributed by atoms with Crippen molar-refractivity contribution in [2.45, 2.75) is 24.6 Å². The van der Waals surface area contributed by atoms with Crippen LogP contribution in [0.25, 0.3) is 11.5 Å². The Kier molecular flexibility index (Phi) is 4.94. The van der Waals surface area contributed by atoms with E-state index in [1.807, 2.05) is 6.07 Å². The molecule has 1 unspecified atom stereocenters. The summed E-state index contributed by atoms with van der Waals surface area (Å²) < 4.78 is 33.1. The molecule has 9 heteroatoms. The number of halogens is 1. The Morgan fingerprint density at radius 2 is 2.11 bits per heavy atom. The molecule has 0 radical (unpaired) electrons. The van der Waals surface area contributed by atoms with Gasteiger partial charge >= 0.3 is 0 Å². The molecule has 0 saturated carbocycles. The van der Waals surface area contributed by atoms with E-state index in [0.717, 1.165) is 6.42 Å². The van der Waals surface area contributed by atoms with E-state index < -0.39 is 16.1 Å². The van der Waals surface area contributed by atoms with Crippen molar-refractivity contribution in [2.75, 3.05) is 6.54 Å². The highest BCUT2D eigenvalue weighted by Gasteiger charge is 2.38. The van der Waals surface area contributed by atoms with Gasteiger partial charge < -0.3 is 4.42 Å². The van der Waals surface area contributed by atoms with Gasteiger partial charge in [0.15, 0.2) is 0 Å². The first-order valence-electron chi connectivity index (χ1n) is 8.51. The summed E-state index contributed by atoms with van der Waals surface area (Å²) in [6, 6.07) is 10.0. The van der Waals surface area contributed by atoms with E-state index in [0.29, 0.717) is 40.9 Å². The second-order valence-electron chi connectivity index (χ2n) is 6.34. The average Bonchev–Trinajstić information content (AvgIpc) is 3.32. The van der Waals surface area contributed by atoms with Crippen molar-refractivity contribution in [3.8, 4) is 11.5 Å². The Hall–Kier alpha value is -2.29. The summed E-state index contributed by atoms with van der Waals surface area (Å²) in [4.78, 5) is 4.03. The Labute approximate surface area is 162 Å². The summed E-state index contributed by atoms with van der Waals surface area (Å²) in [5.74, 6) is 0.520. The number of benzene rings is 1. The van der Waals surface area contributed by atoms with Crippen LogP contribution in [0, 0.1) is 0 Å². The predicted octanol–water partition coefficient (Wildman–Crippen LogP) is 3.45. The van der Waals surface area contributed by atoms with Crippen molar-refractivity contribution >= 4 is 21.6 Å². The molecule has 2 aromatic heterocycles. The van der Waals surface area contributed by atoms with Crippen molar-refractivity contribution in [1.29, 1.82) is 0 Å². The first-order chi connectivity index (χ1) is 13.0. The van der Waals surface area contributed by atoms with Crippen LogP contribution in [0.1, 0.15) is 30.3 Å². The highest BCUT2D eigenvalue weighted by atomic mass is 35.5. The predicted molar refractivity (Wildman–Crippen MR) is 100 cm³/mol. The molecule has 1 aliphatic rings. The van der Waals surface area contributed by atoms with E-state index in [9.17, 15) is 8.42 Å². The smallest absolute Gasteiger partial charge is 0.249 e. The summed E-state index contributed by atoms with van der Waals surface area (Å²) in [6.45, 7) is 0.429. The van der Waals surface area contributed by atoms with Crippen LogP contribution in [0.3, 0.4) is 0 Å². The maximum Gasteiger partial charge on any atom is 0.249 e. The molecule has 1 aliphatic heterocycles. The van der Waals surface area contributed by atoms with Gasteiger partial charge in [-0.25, -0.2) is 8.42 Å². The van der Waals surface area contributed by atoms with E-state index in [1.165, 1.54) is 4.31 Å². The minimum absolute atomic E-state index is 0.117. The average molecular weight is 405 g/mol. The monoisotopic (exact) mass is 404 g/mol. The van der Waals surface area contributed by atoms with Gasteiger partial charge in [-0.3, -0.25) is 4.98 Å². The highest BCUT2D eigenvalue weighted by Crippen LogP contribution is 2.35. The van der Waals surface area contributed by atoms with Gasteiger partial charge in [0.1, 0.15) is 6.04 Å². The third-order valence-corrected chi connectivity index (χ3v) is 6.52. The summed E-state index contributed by atoms with van der Waals surface area (Å²) >= 11 is 5.97. The molecule has 1 saturated heterocycles. The highest BCUT2D eigenvalue weighted by molar-refractivity contribution is 7.88. The lowest BCUT2D eigenvalue weighted by Crippen LogP contribution is -2.31. The van der Waals surface area contributed by atoms with Crippen molar-refractivity contribution in [2.24, 2.45) is 0 Å². The van der Waals surface area contributed by atoms with Crippen LogP contribution in [-0.4, -0.2) is 34.4 Å². The van der Waals surface area contributed by atoms with Gasteiger partial charge in [0.05, 0.1) is 11.3 Å². The van der Waals surface area contributed by atoms with Gasteiger partial charge in [-0.2, -0.15) is 4.31 Å². The zero-order valence-corrected chi connectivity index (χ0v) is 15.9. The van der Waals surface area contributed by atoms with E-state index in [4.69, 9.17) is 16.0 Å². The van der Waals surface area contributed by atoms with Gasteiger partial charge in [-0.05, 0) is 42.7 Å². The molecule has 3 heterocycles. The number of aromatic nitrogens is 3. The molecule has 4 rings (SSSR count). The van der Waals surface area contributed by atoms with Gasteiger partial charge in [0, 0.05) is 24.0 Å². The second kappa shape index (κ2) is 7.38. The normalized spacial score (nSPS) is 18.0.